The van der Waals surface area contributed by atoms with Gasteiger partial charge in [0.05, 0.1) is 0 Å². The normalized spacial score (nSPS) is 11.2. The van der Waals surface area contributed by atoms with E-state index in [0.717, 1.165) is 22.2 Å². The molecule has 4 nitrogen and oxygen atoms in total. The summed E-state index contributed by atoms with van der Waals surface area (Å²) in [5.74, 6) is 1.60. The SMILES string of the molecule is CC(C)(C)Nc1cc(NCc2ccc(Cl)cc2)ncn1. The van der Waals surface area contributed by atoms with Gasteiger partial charge in [-0.2, -0.15) is 0 Å². The Morgan fingerprint density at radius 3 is 2.35 bits per heavy atom. The summed E-state index contributed by atoms with van der Waals surface area (Å²) in [4.78, 5) is 8.43. The van der Waals surface area contributed by atoms with Crippen molar-refractivity contribution < 1.29 is 0 Å². The topological polar surface area (TPSA) is 49.8 Å². The van der Waals surface area contributed by atoms with Crippen molar-refractivity contribution in [2.45, 2.75) is 32.9 Å². The number of aromatic nitrogens is 2. The molecule has 0 spiro atoms. The van der Waals surface area contributed by atoms with Crippen molar-refractivity contribution in [3.63, 3.8) is 0 Å². The van der Waals surface area contributed by atoms with Crippen molar-refractivity contribution in [1.82, 2.24) is 9.97 Å². The number of nitrogens with one attached hydrogen (secondary N) is 2. The number of nitrogens with zero attached hydrogens (tertiary/aromatic N) is 2. The molecule has 1 aromatic heterocycles. The number of benzene rings is 1. The smallest absolute Gasteiger partial charge is 0.131 e. The summed E-state index contributed by atoms with van der Waals surface area (Å²) in [6, 6.07) is 9.65. The minimum atomic E-state index is -0.0260. The minimum Gasteiger partial charge on any atom is -0.366 e. The van der Waals surface area contributed by atoms with E-state index in [0.29, 0.717) is 6.54 Å². The van der Waals surface area contributed by atoms with E-state index < -0.39 is 0 Å². The fraction of sp³-hybridized carbons (Fsp3) is 0.333. The molecule has 0 aliphatic carbocycles. The van der Waals surface area contributed by atoms with Gasteiger partial charge in [0.2, 0.25) is 0 Å². The predicted octanol–water partition coefficient (Wildman–Crippen LogP) is 3.95. The lowest BCUT2D eigenvalue weighted by molar-refractivity contribution is 0.630. The quantitative estimate of drug-likeness (QED) is 0.895. The van der Waals surface area contributed by atoms with Gasteiger partial charge in [0.1, 0.15) is 18.0 Å². The van der Waals surface area contributed by atoms with Crippen LogP contribution in [0.25, 0.3) is 0 Å². The highest BCUT2D eigenvalue weighted by atomic mass is 35.5. The summed E-state index contributed by atoms with van der Waals surface area (Å²) < 4.78 is 0. The first-order valence-corrected chi connectivity index (χ1v) is 6.89. The highest BCUT2D eigenvalue weighted by molar-refractivity contribution is 6.30. The Morgan fingerprint density at radius 1 is 1.05 bits per heavy atom. The zero-order valence-corrected chi connectivity index (χ0v) is 12.7. The zero-order valence-electron chi connectivity index (χ0n) is 11.9. The van der Waals surface area contributed by atoms with Crippen molar-refractivity contribution in [3.8, 4) is 0 Å². The first-order valence-electron chi connectivity index (χ1n) is 6.51. The molecule has 1 aromatic carbocycles. The van der Waals surface area contributed by atoms with E-state index in [1.54, 1.807) is 6.33 Å². The Bertz CT molecular complexity index is 561. The molecule has 0 amide bonds. The van der Waals surface area contributed by atoms with Crippen LogP contribution in [-0.2, 0) is 6.54 Å². The fourth-order valence-corrected chi connectivity index (χ4v) is 1.83. The highest BCUT2D eigenvalue weighted by Gasteiger charge is 2.10. The van der Waals surface area contributed by atoms with Gasteiger partial charge in [-0.1, -0.05) is 23.7 Å². The molecule has 0 atom stereocenters. The Balaban J connectivity index is 1.99. The van der Waals surface area contributed by atoms with Crippen LogP contribution >= 0.6 is 11.6 Å². The molecule has 0 saturated carbocycles. The van der Waals surface area contributed by atoms with Gasteiger partial charge >= 0.3 is 0 Å². The monoisotopic (exact) mass is 290 g/mol. The molecule has 106 valence electrons. The van der Waals surface area contributed by atoms with Crippen LogP contribution in [0, 0.1) is 0 Å². The Kier molecular flexibility index (Phi) is 4.45. The van der Waals surface area contributed by atoms with Crippen molar-refractivity contribution in [2.75, 3.05) is 10.6 Å². The predicted molar refractivity (Wildman–Crippen MR) is 84.2 cm³/mol. The van der Waals surface area contributed by atoms with Crippen LogP contribution < -0.4 is 10.6 Å². The number of anilines is 2. The van der Waals surface area contributed by atoms with Gasteiger partial charge in [-0.25, -0.2) is 9.97 Å². The van der Waals surface area contributed by atoms with Gasteiger partial charge in [0.25, 0.3) is 0 Å². The van der Waals surface area contributed by atoms with Gasteiger partial charge in [-0.15, -0.1) is 0 Å². The molecule has 1 heterocycles. The number of halogens is 1. The lowest BCUT2D eigenvalue weighted by Gasteiger charge is -2.21. The van der Waals surface area contributed by atoms with Crippen LogP contribution in [0.4, 0.5) is 11.6 Å². The molecule has 0 unspecified atom stereocenters. The molecule has 0 aliphatic heterocycles. The molecular formula is C15H19ClN4. The fourth-order valence-electron chi connectivity index (χ4n) is 1.70. The van der Waals surface area contributed by atoms with Crippen molar-refractivity contribution >= 4 is 23.2 Å². The molecule has 5 heteroatoms. The Morgan fingerprint density at radius 2 is 1.70 bits per heavy atom. The van der Waals surface area contributed by atoms with Crippen LogP contribution in [-0.4, -0.2) is 15.5 Å². The second-order valence-electron chi connectivity index (χ2n) is 5.64. The van der Waals surface area contributed by atoms with E-state index in [-0.39, 0.29) is 5.54 Å². The summed E-state index contributed by atoms with van der Waals surface area (Å²) in [6.07, 6.45) is 1.55. The maximum atomic E-state index is 5.86. The third kappa shape index (κ3) is 4.70. The summed E-state index contributed by atoms with van der Waals surface area (Å²) in [6.45, 7) is 6.98. The van der Waals surface area contributed by atoms with Crippen molar-refractivity contribution in [3.05, 3.63) is 47.2 Å². The standard InChI is InChI=1S/C15H19ClN4/c1-15(2,3)20-14-8-13(18-10-19-14)17-9-11-4-6-12(16)7-5-11/h4-8,10H,9H2,1-3H3,(H2,17,18,19,20). The van der Waals surface area contributed by atoms with Crippen LogP contribution in [0.5, 0.6) is 0 Å². The molecule has 0 radical (unpaired) electrons. The molecule has 2 N–H and O–H groups in total. The maximum Gasteiger partial charge on any atom is 0.131 e. The third-order valence-electron chi connectivity index (χ3n) is 2.56. The van der Waals surface area contributed by atoms with Crippen molar-refractivity contribution in [1.29, 1.82) is 0 Å². The average molecular weight is 291 g/mol. The first kappa shape index (κ1) is 14.6. The number of hydrogen-bond donors (Lipinski definition) is 2. The van der Waals surface area contributed by atoms with Gasteiger partial charge in [-0.05, 0) is 38.5 Å². The van der Waals surface area contributed by atoms with E-state index in [1.165, 1.54) is 0 Å². The Hall–Kier alpha value is -1.81. The maximum absolute atomic E-state index is 5.86. The third-order valence-corrected chi connectivity index (χ3v) is 2.81. The molecule has 0 aliphatic rings. The van der Waals surface area contributed by atoms with Crippen LogP contribution in [0.2, 0.25) is 5.02 Å². The molecule has 0 saturated heterocycles. The van der Waals surface area contributed by atoms with Crippen molar-refractivity contribution in [2.24, 2.45) is 0 Å². The number of hydrogen-bond acceptors (Lipinski definition) is 4. The van der Waals surface area contributed by atoms with Crippen LogP contribution in [0.15, 0.2) is 36.7 Å². The first-order chi connectivity index (χ1) is 9.42. The van der Waals surface area contributed by atoms with Gasteiger partial charge in [0.15, 0.2) is 0 Å². The molecule has 20 heavy (non-hydrogen) atoms. The molecule has 2 rings (SSSR count). The van der Waals surface area contributed by atoms with Crippen LogP contribution in [0.1, 0.15) is 26.3 Å². The summed E-state index contributed by atoms with van der Waals surface area (Å²) in [7, 11) is 0. The van der Waals surface area contributed by atoms with E-state index in [2.05, 4.69) is 41.4 Å². The average Bonchev–Trinajstić information content (AvgIpc) is 2.36. The second kappa shape index (κ2) is 6.09. The molecular weight excluding hydrogens is 272 g/mol. The highest BCUT2D eigenvalue weighted by Crippen LogP contribution is 2.15. The van der Waals surface area contributed by atoms with E-state index in [4.69, 9.17) is 11.6 Å². The van der Waals surface area contributed by atoms with E-state index >= 15 is 0 Å². The largest absolute Gasteiger partial charge is 0.366 e. The van der Waals surface area contributed by atoms with Gasteiger partial charge in [0, 0.05) is 23.2 Å². The molecule has 2 aromatic rings. The van der Waals surface area contributed by atoms with E-state index in [9.17, 15) is 0 Å². The van der Waals surface area contributed by atoms with E-state index in [1.807, 2.05) is 30.3 Å². The Labute approximate surface area is 124 Å². The van der Waals surface area contributed by atoms with Gasteiger partial charge in [-0.3, -0.25) is 0 Å². The minimum absolute atomic E-state index is 0.0260. The van der Waals surface area contributed by atoms with Crippen LogP contribution in [0.3, 0.4) is 0 Å². The lowest BCUT2D eigenvalue weighted by Crippen LogP contribution is -2.26. The van der Waals surface area contributed by atoms with Gasteiger partial charge < -0.3 is 10.6 Å². The summed E-state index contributed by atoms with van der Waals surface area (Å²) >= 11 is 5.86. The zero-order chi connectivity index (χ0) is 14.6. The summed E-state index contributed by atoms with van der Waals surface area (Å²) in [5, 5.41) is 7.33. The number of rotatable bonds is 4. The lowest BCUT2D eigenvalue weighted by atomic mass is 10.1. The second-order valence-corrected chi connectivity index (χ2v) is 6.08. The summed E-state index contributed by atoms with van der Waals surface area (Å²) in [5.41, 5.74) is 1.13. The molecule has 0 fully saturated rings. The molecule has 0 bridgehead atoms.